The number of alkyl halides is 6. The molecule has 0 spiro atoms. The van der Waals surface area contributed by atoms with Crippen molar-refractivity contribution >= 4 is 49.5 Å². The Hall–Kier alpha value is -4.77. The number of urea groups is 1. The summed E-state index contributed by atoms with van der Waals surface area (Å²) in [6, 6.07) is 16.0. The number of nitrogens with zero attached hydrogens (tertiary/aromatic N) is 3. The van der Waals surface area contributed by atoms with E-state index in [4.69, 9.17) is 31.3 Å². The number of nitrogens with two attached hydrogens (primary N) is 2. The number of benzene rings is 2. The number of likely N-dealkylation sites (N-methyl/N-ethyl adjacent to an activating group) is 1. The Morgan fingerprint density at radius 2 is 1.33 bits per heavy atom. The van der Waals surface area contributed by atoms with Crippen molar-refractivity contribution in [1.29, 1.82) is 0 Å². The number of hydrogen-bond donors (Lipinski definition) is 6. The average Bonchev–Trinajstić information content (AvgIpc) is 3.09. The van der Waals surface area contributed by atoms with E-state index in [-0.39, 0.29) is 28.5 Å². The second-order valence-corrected chi connectivity index (χ2v) is 15.3. The fourth-order valence-corrected chi connectivity index (χ4v) is 7.17. The smallest absolute Gasteiger partial charge is 0.475 e. The summed E-state index contributed by atoms with van der Waals surface area (Å²) in [5.41, 5.74) is 11.7. The lowest BCUT2D eigenvalue weighted by Crippen LogP contribution is -2.57. The van der Waals surface area contributed by atoms with Gasteiger partial charge >= 0.3 is 30.3 Å². The molecule has 2 aromatic carbocycles. The van der Waals surface area contributed by atoms with Gasteiger partial charge in [-0.2, -0.15) is 26.3 Å². The number of aliphatic carboxylic acids is 2. The summed E-state index contributed by atoms with van der Waals surface area (Å²) < 4.78 is 89.3. The maximum atomic E-state index is 13.6. The minimum absolute atomic E-state index is 0.0313. The van der Waals surface area contributed by atoms with Crippen molar-refractivity contribution in [2.24, 2.45) is 16.5 Å². The van der Waals surface area contributed by atoms with Crippen molar-refractivity contribution in [2.45, 2.75) is 48.6 Å². The molecule has 0 aromatic heterocycles. The molecule has 8 N–H and O–H groups in total. The van der Waals surface area contributed by atoms with Gasteiger partial charge in [0, 0.05) is 50.9 Å². The van der Waals surface area contributed by atoms with Gasteiger partial charge < -0.3 is 42.1 Å². The molecule has 1 fully saturated rings. The lowest BCUT2D eigenvalue weighted by molar-refractivity contribution is -0.193. The topological polar surface area (TPSA) is 238 Å². The minimum Gasteiger partial charge on any atom is -0.475 e. The maximum absolute atomic E-state index is 13.6. The van der Waals surface area contributed by atoms with E-state index in [1.54, 1.807) is 35.2 Å². The number of nitrogens with one attached hydrogen (secondary N) is 2. The largest absolute Gasteiger partial charge is 0.490 e. The standard InChI is InChI=1S/C27H39N7O4S2.2C2HF3O2/c1-33-15-17-34(18-16-33)27(36)32-24(19-21-9-4-2-5-10-21)25(35)31-22(11-8-14-30-26(28)29)20-39-40(37,38)23-12-6-3-7-13-23;2*3-2(4,5)1(6)7/h2-7,9-10,12-13,22,24H,8,11,14-20H2,1H3,(H,31,35)(H,32,36)(H4,28,29,30);2*(H,6,7)/t22-,24-;;/m0../s1. The van der Waals surface area contributed by atoms with Crippen LogP contribution in [0.5, 0.6) is 0 Å². The lowest BCUT2D eigenvalue weighted by atomic mass is 10.0. The number of piperazine rings is 1. The molecule has 0 aliphatic carbocycles. The Bertz CT molecular complexity index is 1600. The van der Waals surface area contributed by atoms with E-state index in [2.05, 4.69) is 20.5 Å². The highest BCUT2D eigenvalue weighted by atomic mass is 33.1. The molecular weight excluding hydrogens is 777 g/mol. The molecule has 54 heavy (non-hydrogen) atoms. The first kappa shape index (κ1) is 47.3. The molecule has 302 valence electrons. The number of halogens is 6. The molecule has 23 heteroatoms. The van der Waals surface area contributed by atoms with Crippen LogP contribution < -0.4 is 22.1 Å². The van der Waals surface area contributed by atoms with Gasteiger partial charge in [-0.05, 0) is 48.4 Å². The van der Waals surface area contributed by atoms with Gasteiger partial charge in [0.25, 0.3) is 0 Å². The van der Waals surface area contributed by atoms with Crippen LogP contribution in [0, 0.1) is 0 Å². The molecule has 1 aliphatic rings. The molecule has 0 saturated carbocycles. The summed E-state index contributed by atoms with van der Waals surface area (Å²) in [6.45, 7) is 3.01. The highest BCUT2D eigenvalue weighted by molar-refractivity contribution is 8.72. The molecule has 0 unspecified atom stereocenters. The summed E-state index contributed by atoms with van der Waals surface area (Å²) in [5.74, 6) is -5.80. The number of hydrogen-bond acceptors (Lipinski definition) is 9. The first-order valence-electron chi connectivity index (χ1n) is 15.7. The number of amides is 3. The van der Waals surface area contributed by atoms with Crippen LogP contribution in [0.4, 0.5) is 31.1 Å². The Labute approximate surface area is 310 Å². The van der Waals surface area contributed by atoms with Crippen LogP contribution in [-0.2, 0) is 29.7 Å². The third-order valence-corrected chi connectivity index (χ3v) is 10.6. The van der Waals surface area contributed by atoms with Crippen LogP contribution in [0.2, 0.25) is 0 Å². The van der Waals surface area contributed by atoms with Crippen LogP contribution >= 0.6 is 10.8 Å². The normalized spacial score (nSPS) is 14.5. The number of carboxylic acids is 2. The quantitative estimate of drug-likeness (QED) is 0.0563. The summed E-state index contributed by atoms with van der Waals surface area (Å²) in [7, 11) is -0.850. The fourth-order valence-electron chi connectivity index (χ4n) is 4.18. The summed E-state index contributed by atoms with van der Waals surface area (Å²) in [6.07, 6.45) is -8.89. The Morgan fingerprint density at radius 1 is 0.852 bits per heavy atom. The van der Waals surface area contributed by atoms with Crippen LogP contribution in [-0.4, -0.2) is 128 Å². The van der Waals surface area contributed by atoms with Gasteiger partial charge in [-0.15, -0.1) is 0 Å². The SMILES string of the molecule is CN1CCN(C(=O)N[C@@H](Cc2ccccc2)C(=O)N[C@@H](CCCN=C(N)N)CSS(=O)(=O)c2ccccc2)CC1.O=C(O)C(F)(F)F.O=C(O)C(F)(F)F. The number of carbonyl (C=O) groups excluding carboxylic acids is 2. The first-order valence-corrected chi connectivity index (χ1v) is 18.7. The Kier molecular flexibility index (Phi) is 19.6. The van der Waals surface area contributed by atoms with Crippen molar-refractivity contribution in [3.63, 3.8) is 0 Å². The van der Waals surface area contributed by atoms with Gasteiger partial charge in [0.1, 0.15) is 6.04 Å². The predicted molar refractivity (Wildman–Crippen MR) is 187 cm³/mol. The van der Waals surface area contributed by atoms with Gasteiger partial charge in [0.2, 0.25) is 14.8 Å². The van der Waals surface area contributed by atoms with E-state index in [0.717, 1.165) is 29.4 Å². The summed E-state index contributed by atoms with van der Waals surface area (Å²) in [5, 5.41) is 20.2. The van der Waals surface area contributed by atoms with Gasteiger partial charge in [-0.1, -0.05) is 48.5 Å². The number of carbonyl (C=O) groups is 4. The number of rotatable bonds is 13. The molecule has 2 aromatic rings. The van der Waals surface area contributed by atoms with Crippen LogP contribution in [0.15, 0.2) is 70.6 Å². The Morgan fingerprint density at radius 3 is 1.80 bits per heavy atom. The molecule has 1 saturated heterocycles. The van der Waals surface area contributed by atoms with E-state index in [1.165, 1.54) is 0 Å². The van der Waals surface area contributed by atoms with Crippen molar-refractivity contribution in [1.82, 2.24) is 20.4 Å². The second-order valence-electron chi connectivity index (χ2n) is 11.3. The van der Waals surface area contributed by atoms with E-state index in [1.807, 2.05) is 37.4 Å². The molecule has 15 nitrogen and oxygen atoms in total. The van der Waals surface area contributed by atoms with Gasteiger partial charge in [-0.25, -0.2) is 22.8 Å². The lowest BCUT2D eigenvalue weighted by Gasteiger charge is -2.33. The van der Waals surface area contributed by atoms with E-state index >= 15 is 0 Å². The molecule has 1 heterocycles. The van der Waals surface area contributed by atoms with E-state index < -0.39 is 45.2 Å². The molecule has 3 amide bonds. The second kappa shape index (κ2) is 22.4. The summed E-state index contributed by atoms with van der Waals surface area (Å²) in [4.78, 5) is 52.5. The van der Waals surface area contributed by atoms with Gasteiger partial charge in [-0.3, -0.25) is 9.79 Å². The molecule has 1 aliphatic heterocycles. The zero-order chi connectivity index (χ0) is 41.1. The molecule has 0 radical (unpaired) electrons. The van der Waals surface area contributed by atoms with Crippen LogP contribution in [0.1, 0.15) is 18.4 Å². The van der Waals surface area contributed by atoms with Gasteiger partial charge in [0.05, 0.1) is 4.90 Å². The molecule has 2 atom stereocenters. The minimum atomic E-state index is -5.08. The maximum Gasteiger partial charge on any atom is 0.490 e. The predicted octanol–water partition coefficient (Wildman–Crippen LogP) is 2.48. The molecular formula is C31H41F6N7O8S2. The average molecular weight is 818 g/mol. The number of aliphatic imine (C=N–C) groups is 1. The zero-order valence-electron chi connectivity index (χ0n) is 28.7. The van der Waals surface area contributed by atoms with Crippen LogP contribution in [0.25, 0.3) is 0 Å². The number of carboxylic acid groups (broad SMARTS) is 2. The molecule has 3 rings (SSSR count). The van der Waals surface area contributed by atoms with Gasteiger partial charge in [0.15, 0.2) is 5.96 Å². The van der Waals surface area contributed by atoms with Crippen molar-refractivity contribution in [2.75, 3.05) is 45.5 Å². The van der Waals surface area contributed by atoms with Crippen molar-refractivity contribution in [3.8, 4) is 0 Å². The fraction of sp³-hybridized carbons (Fsp3) is 0.452. The third kappa shape index (κ3) is 19.3. The Balaban J connectivity index is 0.000000879. The summed E-state index contributed by atoms with van der Waals surface area (Å²) >= 11 is 0. The highest BCUT2D eigenvalue weighted by Gasteiger charge is 2.39. The van der Waals surface area contributed by atoms with Crippen molar-refractivity contribution < 1.29 is 64.2 Å². The number of guanidine groups is 1. The molecule has 0 bridgehead atoms. The van der Waals surface area contributed by atoms with Crippen molar-refractivity contribution in [3.05, 3.63) is 66.2 Å². The van der Waals surface area contributed by atoms with Crippen LogP contribution in [0.3, 0.4) is 0 Å². The van der Waals surface area contributed by atoms with E-state index in [9.17, 15) is 44.3 Å². The first-order chi connectivity index (χ1) is 25.0. The monoisotopic (exact) mass is 817 g/mol. The van der Waals surface area contributed by atoms with E-state index in [0.29, 0.717) is 38.9 Å². The third-order valence-electron chi connectivity index (χ3n) is 6.98. The zero-order valence-corrected chi connectivity index (χ0v) is 30.3. The highest BCUT2D eigenvalue weighted by Crippen LogP contribution is 2.24.